The van der Waals surface area contributed by atoms with Crippen LogP contribution < -0.4 is 0 Å². The Morgan fingerprint density at radius 2 is 0.730 bits per heavy atom. The minimum atomic E-state index is -4.78. The number of carbonyl (C=O) groups excluding carboxylic acids is 3. The Bertz CT molecular complexity index is 1700. The second kappa shape index (κ2) is 55.1. The first-order chi connectivity index (χ1) is 36.2. The number of esters is 3. The average molecular weight is 1050 g/mol. The van der Waals surface area contributed by atoms with Gasteiger partial charge in [-0.25, -0.2) is 4.57 Å². The molecule has 0 fully saturated rings. The number of rotatable bonds is 51. The van der Waals surface area contributed by atoms with Crippen LogP contribution in [0.1, 0.15) is 213 Å². The maximum atomic E-state index is 12.9. The number of phosphoric ester groups is 1. The lowest BCUT2D eigenvalue weighted by Gasteiger charge is -2.21. The zero-order valence-electron chi connectivity index (χ0n) is 46.3. The SMILES string of the molecule is CC/C=C\C/C=C\C/C=C\C/C=C\CCC(=O)OCC(COP(=O)(O)OCC(CO)OC(=O)CCCCCCC/C=C\C/C=C\C/C=C\CC)OC(=O)CCCCCCCC/C=C\C/C=C\C/C=C\CCCCC. The van der Waals surface area contributed by atoms with Gasteiger partial charge < -0.3 is 24.2 Å². The van der Waals surface area contributed by atoms with Crippen LogP contribution in [0.3, 0.4) is 0 Å². The normalized spacial score (nSPS) is 14.3. The lowest BCUT2D eigenvalue weighted by molar-refractivity contribution is -0.161. The number of phosphoric acid groups is 1. The lowest BCUT2D eigenvalue weighted by Crippen LogP contribution is -2.30. The number of allylic oxidation sites excluding steroid dienone is 20. The molecule has 3 atom stereocenters. The Morgan fingerprint density at radius 3 is 1.14 bits per heavy atom. The molecule has 0 spiro atoms. The molecule has 0 saturated carbocycles. The number of unbranched alkanes of at least 4 members (excludes halogenated alkanes) is 14. The third-order valence-corrected chi connectivity index (χ3v) is 12.3. The van der Waals surface area contributed by atoms with Crippen molar-refractivity contribution < 1.29 is 52.2 Å². The van der Waals surface area contributed by atoms with Crippen LogP contribution in [-0.4, -0.2) is 66.5 Å². The highest BCUT2D eigenvalue weighted by Crippen LogP contribution is 2.43. The van der Waals surface area contributed by atoms with E-state index in [9.17, 15) is 28.9 Å². The fraction of sp³-hybridized carbons (Fsp3) is 0.629. The maximum absolute atomic E-state index is 12.9. The maximum Gasteiger partial charge on any atom is 0.472 e. The topological polar surface area (TPSA) is 155 Å². The predicted molar refractivity (Wildman–Crippen MR) is 306 cm³/mol. The van der Waals surface area contributed by atoms with E-state index in [2.05, 4.69) is 130 Å². The highest BCUT2D eigenvalue weighted by atomic mass is 31.2. The first-order valence-electron chi connectivity index (χ1n) is 28.4. The van der Waals surface area contributed by atoms with E-state index in [1.54, 1.807) is 0 Å². The molecule has 0 rings (SSSR count). The van der Waals surface area contributed by atoms with Gasteiger partial charge in [0.25, 0.3) is 0 Å². The van der Waals surface area contributed by atoms with E-state index in [4.69, 9.17) is 23.3 Å². The monoisotopic (exact) mass is 1050 g/mol. The molecule has 3 unspecified atom stereocenters. The van der Waals surface area contributed by atoms with E-state index in [1.807, 2.05) is 12.2 Å². The zero-order valence-corrected chi connectivity index (χ0v) is 47.2. The molecule has 2 N–H and O–H groups in total. The second-order valence-electron chi connectivity index (χ2n) is 18.3. The summed E-state index contributed by atoms with van der Waals surface area (Å²) in [5, 5.41) is 9.81. The van der Waals surface area contributed by atoms with Gasteiger partial charge in [0.2, 0.25) is 0 Å². The Labute approximate surface area is 449 Å². The van der Waals surface area contributed by atoms with Gasteiger partial charge in [-0.05, 0) is 116 Å². The van der Waals surface area contributed by atoms with Crippen LogP contribution in [0.2, 0.25) is 0 Å². The molecule has 0 amide bonds. The zero-order chi connectivity index (χ0) is 54.1. The van der Waals surface area contributed by atoms with Gasteiger partial charge in [0, 0.05) is 19.3 Å². The van der Waals surface area contributed by atoms with E-state index in [-0.39, 0.29) is 25.9 Å². The number of aliphatic hydroxyl groups excluding tert-OH is 1. The predicted octanol–water partition coefficient (Wildman–Crippen LogP) is 16.8. The summed E-state index contributed by atoms with van der Waals surface area (Å²) < 4.78 is 39.4. The van der Waals surface area contributed by atoms with Crippen molar-refractivity contribution in [2.75, 3.05) is 26.4 Å². The molecule has 0 heterocycles. The lowest BCUT2D eigenvalue weighted by atomic mass is 10.1. The van der Waals surface area contributed by atoms with Gasteiger partial charge in [-0.3, -0.25) is 23.4 Å². The van der Waals surface area contributed by atoms with Crippen molar-refractivity contribution in [3.05, 3.63) is 122 Å². The third kappa shape index (κ3) is 52.7. The molecule has 0 aliphatic heterocycles. The first kappa shape index (κ1) is 69.9. The van der Waals surface area contributed by atoms with Crippen LogP contribution in [0.15, 0.2) is 122 Å². The Morgan fingerprint density at radius 1 is 0.392 bits per heavy atom. The minimum absolute atomic E-state index is 0.0951. The smallest absolute Gasteiger partial charge is 0.462 e. The molecule has 74 heavy (non-hydrogen) atoms. The Balaban J connectivity index is 4.83. The molecule has 0 aromatic carbocycles. The molecule has 0 radical (unpaired) electrons. The molecule has 0 aliphatic carbocycles. The van der Waals surface area contributed by atoms with Gasteiger partial charge in [-0.1, -0.05) is 200 Å². The van der Waals surface area contributed by atoms with E-state index in [1.165, 1.54) is 25.7 Å². The van der Waals surface area contributed by atoms with E-state index in [0.717, 1.165) is 128 Å². The van der Waals surface area contributed by atoms with Gasteiger partial charge in [0.15, 0.2) is 6.10 Å². The number of hydrogen-bond donors (Lipinski definition) is 2. The van der Waals surface area contributed by atoms with Crippen molar-refractivity contribution in [2.24, 2.45) is 0 Å². The fourth-order valence-electron chi connectivity index (χ4n) is 7.10. The van der Waals surface area contributed by atoms with E-state index >= 15 is 0 Å². The quantitative estimate of drug-likeness (QED) is 0.0197. The van der Waals surface area contributed by atoms with Crippen LogP contribution >= 0.6 is 7.82 Å². The minimum Gasteiger partial charge on any atom is -0.462 e. The molecule has 0 bridgehead atoms. The summed E-state index contributed by atoms with van der Waals surface area (Å²) in [6, 6.07) is 0. The molecule has 0 aromatic heterocycles. The average Bonchev–Trinajstić information content (AvgIpc) is 3.39. The number of ether oxygens (including phenoxy) is 3. The van der Waals surface area contributed by atoms with Crippen molar-refractivity contribution >= 4 is 25.7 Å². The molecule has 0 saturated heterocycles. The van der Waals surface area contributed by atoms with Crippen molar-refractivity contribution in [2.45, 2.75) is 226 Å². The molecular formula is C62H101O11P. The molecule has 11 nitrogen and oxygen atoms in total. The highest BCUT2D eigenvalue weighted by Gasteiger charge is 2.28. The van der Waals surface area contributed by atoms with Gasteiger partial charge >= 0.3 is 25.7 Å². The number of hydrogen-bond acceptors (Lipinski definition) is 10. The van der Waals surface area contributed by atoms with E-state index in [0.29, 0.717) is 19.3 Å². The molecule has 420 valence electrons. The standard InChI is InChI=1S/C62H101O11P/c1-4-7-10-13-16-19-22-25-27-28-29-30-32-35-38-41-44-47-50-53-62(66)73-59(55-69-60(64)51-48-45-42-39-36-33-24-21-18-15-12-9-6-3)57-71-74(67,68)70-56-58(54-63)72-61(65)52-49-46-43-40-37-34-31-26-23-20-17-14-11-8-5-2/h8-9,11-12,16-21,25-27,29-31,33,36,42,45,58-59,63H,4-7,10,13-15,22-24,28,32,34-35,37-41,43-44,46-57H2,1-3H3,(H,67,68)/b11-8-,12-9-,19-16-,20-17-,21-18-,27-25-,30-29-,31-26-,36-33-,45-42-. The first-order valence-corrected chi connectivity index (χ1v) is 29.9. The summed E-state index contributed by atoms with van der Waals surface area (Å²) in [4.78, 5) is 48.5. The van der Waals surface area contributed by atoms with Crippen LogP contribution in [0, 0.1) is 0 Å². The van der Waals surface area contributed by atoms with Gasteiger partial charge in [0.1, 0.15) is 12.7 Å². The van der Waals surface area contributed by atoms with Crippen molar-refractivity contribution in [3.8, 4) is 0 Å². The van der Waals surface area contributed by atoms with Crippen LogP contribution in [0.5, 0.6) is 0 Å². The van der Waals surface area contributed by atoms with E-state index < -0.39 is 57.8 Å². The van der Waals surface area contributed by atoms with Crippen molar-refractivity contribution in [1.82, 2.24) is 0 Å². The summed E-state index contributed by atoms with van der Waals surface area (Å²) >= 11 is 0. The molecule has 12 heteroatoms. The van der Waals surface area contributed by atoms with Crippen LogP contribution in [-0.2, 0) is 42.2 Å². The molecule has 0 aliphatic rings. The Kier molecular flexibility index (Phi) is 52.1. The summed E-state index contributed by atoms with van der Waals surface area (Å²) in [6.07, 6.45) is 67.4. The highest BCUT2D eigenvalue weighted by molar-refractivity contribution is 7.47. The molecule has 0 aromatic rings. The Hall–Kier alpha value is -4.12. The summed E-state index contributed by atoms with van der Waals surface area (Å²) in [5.74, 6) is -1.61. The van der Waals surface area contributed by atoms with Gasteiger partial charge in [-0.15, -0.1) is 0 Å². The van der Waals surface area contributed by atoms with Crippen LogP contribution in [0.25, 0.3) is 0 Å². The van der Waals surface area contributed by atoms with Crippen molar-refractivity contribution in [1.29, 1.82) is 0 Å². The second-order valence-corrected chi connectivity index (χ2v) is 19.8. The number of aliphatic hydroxyl groups is 1. The summed E-state index contributed by atoms with van der Waals surface area (Å²) in [6.45, 7) is 4.25. The third-order valence-electron chi connectivity index (χ3n) is 11.4. The van der Waals surface area contributed by atoms with Crippen molar-refractivity contribution in [3.63, 3.8) is 0 Å². The van der Waals surface area contributed by atoms with Gasteiger partial charge in [0.05, 0.1) is 19.8 Å². The molecular weight excluding hydrogens is 952 g/mol. The van der Waals surface area contributed by atoms with Crippen LogP contribution in [0.4, 0.5) is 0 Å². The summed E-state index contributed by atoms with van der Waals surface area (Å²) in [7, 11) is -4.78. The number of carbonyl (C=O) groups is 3. The summed E-state index contributed by atoms with van der Waals surface area (Å²) in [5.41, 5.74) is 0. The largest absolute Gasteiger partial charge is 0.472 e. The van der Waals surface area contributed by atoms with Gasteiger partial charge in [-0.2, -0.15) is 0 Å². The fourth-order valence-corrected chi connectivity index (χ4v) is 7.88.